The van der Waals surface area contributed by atoms with E-state index in [1.807, 2.05) is 6.92 Å². The molecule has 2 N–H and O–H groups in total. The summed E-state index contributed by atoms with van der Waals surface area (Å²) in [6, 6.07) is 0. The summed E-state index contributed by atoms with van der Waals surface area (Å²) in [4.78, 5) is 2.40. The molecule has 0 aliphatic carbocycles. The second kappa shape index (κ2) is 6.17. The molecule has 3 nitrogen and oxygen atoms in total. The summed E-state index contributed by atoms with van der Waals surface area (Å²) in [6.45, 7) is 9.70. The normalized spacial score (nSPS) is 21.7. The molecule has 0 aromatic heterocycles. The van der Waals surface area contributed by atoms with Gasteiger partial charge in [-0.3, -0.25) is 0 Å². The predicted octanol–water partition coefficient (Wildman–Crippen LogP) is 1.88. The van der Waals surface area contributed by atoms with Crippen LogP contribution in [0, 0.1) is 10.8 Å². The molecular weight excluding hydrogens is 214 g/mol. The van der Waals surface area contributed by atoms with Gasteiger partial charge in [-0.15, -0.1) is 0 Å². The second-order valence-electron chi connectivity index (χ2n) is 6.11. The fraction of sp³-hybridized carbons (Fsp3) is 1.00. The van der Waals surface area contributed by atoms with E-state index in [1.165, 1.54) is 25.7 Å². The summed E-state index contributed by atoms with van der Waals surface area (Å²) in [5.41, 5.74) is 0.198. The van der Waals surface area contributed by atoms with E-state index >= 15 is 0 Å². The van der Waals surface area contributed by atoms with E-state index in [1.54, 1.807) is 0 Å². The zero-order chi connectivity index (χ0) is 12.9. The maximum absolute atomic E-state index is 9.32. The molecule has 0 unspecified atom stereocenters. The summed E-state index contributed by atoms with van der Waals surface area (Å²) < 4.78 is 0. The molecule has 3 heteroatoms. The summed E-state index contributed by atoms with van der Waals surface area (Å²) in [6.07, 6.45) is 5.06. The Labute approximate surface area is 106 Å². The van der Waals surface area contributed by atoms with Gasteiger partial charge in [0.25, 0.3) is 0 Å². The fourth-order valence-electron chi connectivity index (χ4n) is 2.83. The topological polar surface area (TPSA) is 43.7 Å². The molecule has 1 fully saturated rings. The number of hydrogen-bond donors (Lipinski definition) is 2. The van der Waals surface area contributed by atoms with Crippen LogP contribution in [0.1, 0.15) is 46.5 Å². The van der Waals surface area contributed by atoms with Crippen molar-refractivity contribution in [1.82, 2.24) is 4.90 Å². The van der Waals surface area contributed by atoms with Crippen LogP contribution in [0.5, 0.6) is 0 Å². The van der Waals surface area contributed by atoms with Gasteiger partial charge >= 0.3 is 0 Å². The van der Waals surface area contributed by atoms with Gasteiger partial charge in [0.15, 0.2) is 0 Å². The van der Waals surface area contributed by atoms with E-state index in [4.69, 9.17) is 0 Å². The summed E-state index contributed by atoms with van der Waals surface area (Å²) >= 11 is 0. The average molecular weight is 243 g/mol. The van der Waals surface area contributed by atoms with Crippen molar-refractivity contribution in [3.05, 3.63) is 0 Å². The first kappa shape index (κ1) is 14.9. The SMILES string of the molecule is CCC1(CC)CCN(CC(C)(CO)CO)CC1. The van der Waals surface area contributed by atoms with Crippen molar-refractivity contribution in [1.29, 1.82) is 0 Å². The van der Waals surface area contributed by atoms with Gasteiger partial charge in [-0.1, -0.05) is 33.6 Å². The zero-order valence-corrected chi connectivity index (χ0v) is 11.7. The highest BCUT2D eigenvalue weighted by molar-refractivity contribution is 4.86. The van der Waals surface area contributed by atoms with E-state index in [0.29, 0.717) is 5.41 Å². The highest BCUT2D eigenvalue weighted by atomic mass is 16.3. The van der Waals surface area contributed by atoms with Crippen LogP contribution in [0.25, 0.3) is 0 Å². The van der Waals surface area contributed by atoms with Gasteiger partial charge in [0.2, 0.25) is 0 Å². The molecule has 0 amide bonds. The minimum Gasteiger partial charge on any atom is -0.396 e. The van der Waals surface area contributed by atoms with Gasteiger partial charge in [0.05, 0.1) is 13.2 Å². The number of hydrogen-bond acceptors (Lipinski definition) is 3. The lowest BCUT2D eigenvalue weighted by atomic mass is 9.74. The Hall–Kier alpha value is -0.120. The molecule has 1 saturated heterocycles. The summed E-state index contributed by atoms with van der Waals surface area (Å²) in [5.74, 6) is 0. The van der Waals surface area contributed by atoms with Crippen molar-refractivity contribution in [3.8, 4) is 0 Å². The Morgan fingerprint density at radius 2 is 1.53 bits per heavy atom. The van der Waals surface area contributed by atoms with Crippen LogP contribution in [0.4, 0.5) is 0 Å². The molecule has 0 spiro atoms. The Bertz CT molecular complexity index is 212. The highest BCUT2D eigenvalue weighted by Gasteiger charge is 2.34. The van der Waals surface area contributed by atoms with E-state index in [0.717, 1.165) is 19.6 Å². The number of rotatable bonds is 6. The summed E-state index contributed by atoms with van der Waals surface area (Å²) in [5, 5.41) is 18.6. The molecule has 1 aliphatic rings. The molecule has 0 bridgehead atoms. The van der Waals surface area contributed by atoms with E-state index in [-0.39, 0.29) is 18.6 Å². The predicted molar refractivity (Wildman–Crippen MR) is 71.0 cm³/mol. The summed E-state index contributed by atoms with van der Waals surface area (Å²) in [7, 11) is 0. The van der Waals surface area contributed by atoms with Crippen LogP contribution in [0.2, 0.25) is 0 Å². The molecule has 0 saturated carbocycles. The molecule has 102 valence electrons. The molecule has 0 aromatic rings. The van der Waals surface area contributed by atoms with Crippen molar-refractivity contribution in [3.63, 3.8) is 0 Å². The van der Waals surface area contributed by atoms with Crippen LogP contribution >= 0.6 is 0 Å². The van der Waals surface area contributed by atoms with Gasteiger partial charge in [-0.05, 0) is 31.3 Å². The van der Waals surface area contributed by atoms with Crippen LogP contribution in [-0.2, 0) is 0 Å². The van der Waals surface area contributed by atoms with Gasteiger partial charge in [-0.25, -0.2) is 0 Å². The minimum atomic E-state index is -0.349. The third-order valence-electron chi connectivity index (χ3n) is 4.79. The van der Waals surface area contributed by atoms with Crippen molar-refractivity contribution in [2.24, 2.45) is 10.8 Å². The van der Waals surface area contributed by atoms with E-state index in [9.17, 15) is 10.2 Å². The highest BCUT2D eigenvalue weighted by Crippen LogP contribution is 2.38. The Balaban J connectivity index is 2.47. The van der Waals surface area contributed by atoms with Gasteiger partial charge in [0.1, 0.15) is 0 Å². The Morgan fingerprint density at radius 1 is 1.06 bits per heavy atom. The lowest BCUT2D eigenvalue weighted by molar-refractivity contribution is 0.0102. The largest absolute Gasteiger partial charge is 0.396 e. The average Bonchev–Trinajstić information content (AvgIpc) is 2.40. The van der Waals surface area contributed by atoms with Crippen molar-refractivity contribution >= 4 is 0 Å². The molecule has 0 aromatic carbocycles. The molecule has 1 heterocycles. The van der Waals surface area contributed by atoms with Crippen LogP contribution < -0.4 is 0 Å². The second-order valence-corrected chi connectivity index (χ2v) is 6.11. The van der Waals surface area contributed by atoms with E-state index in [2.05, 4.69) is 18.7 Å². The number of aliphatic hydroxyl groups excluding tert-OH is 2. The maximum Gasteiger partial charge on any atom is 0.0519 e. The number of aliphatic hydroxyl groups is 2. The minimum absolute atomic E-state index is 0.0622. The standard InChI is InChI=1S/C14H29NO2/c1-4-14(5-2)6-8-15(9-7-14)10-13(3,11-16)12-17/h16-17H,4-12H2,1-3H3. The smallest absolute Gasteiger partial charge is 0.0519 e. The third-order valence-corrected chi connectivity index (χ3v) is 4.79. The molecular formula is C14H29NO2. The number of likely N-dealkylation sites (tertiary alicyclic amines) is 1. The lowest BCUT2D eigenvalue weighted by Crippen LogP contribution is -2.46. The van der Waals surface area contributed by atoms with Crippen LogP contribution in [-0.4, -0.2) is 48.0 Å². The quantitative estimate of drug-likeness (QED) is 0.748. The van der Waals surface area contributed by atoms with E-state index < -0.39 is 0 Å². The fourth-order valence-corrected chi connectivity index (χ4v) is 2.83. The van der Waals surface area contributed by atoms with Crippen molar-refractivity contribution in [2.45, 2.75) is 46.5 Å². The van der Waals surface area contributed by atoms with Gasteiger partial charge in [-0.2, -0.15) is 0 Å². The number of piperidine rings is 1. The molecule has 0 radical (unpaired) electrons. The number of nitrogens with zero attached hydrogens (tertiary/aromatic N) is 1. The molecule has 17 heavy (non-hydrogen) atoms. The van der Waals surface area contributed by atoms with Crippen molar-refractivity contribution < 1.29 is 10.2 Å². The third kappa shape index (κ3) is 3.67. The molecule has 0 atom stereocenters. The Kier molecular flexibility index (Phi) is 5.42. The van der Waals surface area contributed by atoms with Crippen molar-refractivity contribution in [2.75, 3.05) is 32.8 Å². The first-order valence-electron chi connectivity index (χ1n) is 6.97. The van der Waals surface area contributed by atoms with Crippen LogP contribution in [0.15, 0.2) is 0 Å². The molecule has 1 rings (SSSR count). The lowest BCUT2D eigenvalue weighted by Gasteiger charge is -2.43. The van der Waals surface area contributed by atoms with Gasteiger partial charge in [0, 0.05) is 12.0 Å². The van der Waals surface area contributed by atoms with Crippen LogP contribution in [0.3, 0.4) is 0 Å². The van der Waals surface area contributed by atoms with Gasteiger partial charge < -0.3 is 15.1 Å². The first-order valence-corrected chi connectivity index (χ1v) is 6.97. The Morgan fingerprint density at radius 3 is 1.88 bits per heavy atom. The maximum atomic E-state index is 9.32. The first-order chi connectivity index (χ1) is 8.03. The molecule has 1 aliphatic heterocycles. The zero-order valence-electron chi connectivity index (χ0n) is 11.7. The monoisotopic (exact) mass is 243 g/mol.